The lowest BCUT2D eigenvalue weighted by atomic mass is 9.90. The van der Waals surface area contributed by atoms with Gasteiger partial charge >= 0.3 is 0 Å². The van der Waals surface area contributed by atoms with Crippen molar-refractivity contribution in [1.82, 2.24) is 10.2 Å². The second-order valence-electron chi connectivity index (χ2n) is 5.37. The number of nitrogens with one attached hydrogen (secondary N) is 1. The van der Waals surface area contributed by atoms with Gasteiger partial charge in [-0.15, -0.1) is 0 Å². The first-order valence-corrected chi connectivity index (χ1v) is 6.99. The van der Waals surface area contributed by atoms with Crippen LogP contribution in [0.5, 0.6) is 0 Å². The molecule has 2 rings (SSSR count). The molecule has 112 valence electrons. The van der Waals surface area contributed by atoms with Crippen molar-refractivity contribution in [3.8, 4) is 0 Å². The molecule has 1 aliphatic rings. The molecule has 0 bridgehead atoms. The summed E-state index contributed by atoms with van der Waals surface area (Å²) in [5, 5.41) is 3.55. The van der Waals surface area contributed by atoms with E-state index in [1.165, 1.54) is 5.56 Å². The molecule has 0 aliphatic carbocycles. The van der Waals surface area contributed by atoms with Crippen LogP contribution in [0.4, 0.5) is 8.78 Å². The van der Waals surface area contributed by atoms with E-state index in [1.54, 1.807) is 0 Å². The van der Waals surface area contributed by atoms with Gasteiger partial charge in [0.05, 0.1) is 12.1 Å². The lowest BCUT2D eigenvalue weighted by Gasteiger charge is -2.42. The average Bonchev–Trinajstić information content (AvgIpc) is 2.45. The normalized spacial score (nSPS) is 24.2. The van der Waals surface area contributed by atoms with E-state index < -0.39 is 13.0 Å². The Bertz CT molecular complexity index is 402. The fourth-order valence-electron chi connectivity index (χ4n) is 2.63. The third-order valence-corrected chi connectivity index (χ3v) is 3.69. The molecule has 1 unspecified atom stereocenters. The van der Waals surface area contributed by atoms with Crippen molar-refractivity contribution >= 4 is 0 Å². The van der Waals surface area contributed by atoms with Gasteiger partial charge in [-0.1, -0.05) is 30.3 Å². The average molecular weight is 284 g/mol. The molecule has 1 aliphatic heterocycles. The maximum atomic E-state index is 12.0. The van der Waals surface area contributed by atoms with Gasteiger partial charge in [0.25, 0.3) is 6.43 Å². The van der Waals surface area contributed by atoms with Gasteiger partial charge in [0, 0.05) is 26.2 Å². The number of ether oxygens (including phenoxy) is 1. The molecule has 1 aromatic rings. The number of benzene rings is 1. The van der Waals surface area contributed by atoms with Crippen molar-refractivity contribution in [2.75, 3.05) is 39.4 Å². The Labute approximate surface area is 118 Å². The van der Waals surface area contributed by atoms with Crippen LogP contribution in [0.25, 0.3) is 0 Å². The van der Waals surface area contributed by atoms with Gasteiger partial charge < -0.3 is 10.1 Å². The Morgan fingerprint density at radius 1 is 1.35 bits per heavy atom. The van der Waals surface area contributed by atoms with Crippen LogP contribution in [0.3, 0.4) is 0 Å². The van der Waals surface area contributed by atoms with Crippen molar-refractivity contribution < 1.29 is 13.5 Å². The zero-order chi connectivity index (χ0) is 14.4. The largest absolute Gasteiger partial charge is 0.374 e. The van der Waals surface area contributed by atoms with Gasteiger partial charge in [-0.2, -0.15) is 0 Å². The highest BCUT2D eigenvalue weighted by Crippen LogP contribution is 2.24. The monoisotopic (exact) mass is 284 g/mol. The fourth-order valence-corrected chi connectivity index (χ4v) is 2.63. The summed E-state index contributed by atoms with van der Waals surface area (Å²) in [6.07, 6.45) is -2.38. The Kier molecular flexibility index (Phi) is 5.46. The van der Waals surface area contributed by atoms with Gasteiger partial charge in [-0.3, -0.25) is 4.90 Å². The molecular weight excluding hydrogens is 262 g/mol. The summed E-state index contributed by atoms with van der Waals surface area (Å²) in [7, 11) is 0. The molecule has 1 aromatic carbocycles. The zero-order valence-electron chi connectivity index (χ0n) is 11.8. The van der Waals surface area contributed by atoms with Crippen LogP contribution < -0.4 is 5.32 Å². The lowest BCUT2D eigenvalue weighted by Crippen LogP contribution is -2.57. The van der Waals surface area contributed by atoms with Crippen LogP contribution in [0.2, 0.25) is 0 Å². The number of hydrogen-bond acceptors (Lipinski definition) is 3. The van der Waals surface area contributed by atoms with Crippen LogP contribution in [0.1, 0.15) is 12.5 Å². The minimum absolute atomic E-state index is 0.0950. The number of hydrogen-bond donors (Lipinski definition) is 1. The summed E-state index contributed by atoms with van der Waals surface area (Å²) in [5.41, 5.74) is 1.15. The summed E-state index contributed by atoms with van der Waals surface area (Å²) in [5.74, 6) is 0. The van der Waals surface area contributed by atoms with Crippen LogP contribution in [0.15, 0.2) is 30.3 Å². The van der Waals surface area contributed by atoms with Gasteiger partial charge in [0.2, 0.25) is 0 Å². The molecule has 3 nitrogen and oxygen atoms in total. The van der Waals surface area contributed by atoms with Gasteiger partial charge in [0.15, 0.2) is 0 Å². The first kappa shape index (κ1) is 15.4. The fraction of sp³-hybridized carbons (Fsp3) is 0.600. The Morgan fingerprint density at radius 2 is 2.10 bits per heavy atom. The molecule has 1 saturated heterocycles. The topological polar surface area (TPSA) is 24.5 Å². The predicted molar refractivity (Wildman–Crippen MR) is 75.1 cm³/mol. The lowest BCUT2D eigenvalue weighted by molar-refractivity contribution is 0.00465. The number of rotatable bonds is 6. The Morgan fingerprint density at radius 3 is 2.80 bits per heavy atom. The van der Waals surface area contributed by atoms with Crippen molar-refractivity contribution in [2.24, 2.45) is 0 Å². The summed E-state index contributed by atoms with van der Waals surface area (Å²) in [6.45, 7) is 5.42. The number of alkyl halides is 2. The molecule has 1 heterocycles. The van der Waals surface area contributed by atoms with Crippen molar-refractivity contribution in [3.05, 3.63) is 35.9 Å². The van der Waals surface area contributed by atoms with Gasteiger partial charge in [0.1, 0.15) is 6.61 Å². The number of halogens is 2. The molecule has 0 saturated carbocycles. The first-order chi connectivity index (χ1) is 9.60. The SMILES string of the molecule is CC1(c2ccccc2)CN(CCOCC(F)F)CCN1. The highest BCUT2D eigenvalue weighted by Gasteiger charge is 2.31. The molecule has 1 fully saturated rings. The smallest absolute Gasteiger partial charge is 0.261 e. The molecule has 0 amide bonds. The van der Waals surface area contributed by atoms with E-state index in [4.69, 9.17) is 4.74 Å². The maximum Gasteiger partial charge on any atom is 0.261 e. The highest BCUT2D eigenvalue weighted by atomic mass is 19.3. The van der Waals surface area contributed by atoms with E-state index in [0.29, 0.717) is 13.2 Å². The van der Waals surface area contributed by atoms with Crippen LogP contribution in [-0.4, -0.2) is 50.7 Å². The van der Waals surface area contributed by atoms with Crippen LogP contribution in [-0.2, 0) is 10.3 Å². The summed E-state index contributed by atoms with van der Waals surface area (Å²) >= 11 is 0. The molecule has 20 heavy (non-hydrogen) atoms. The quantitative estimate of drug-likeness (QED) is 0.810. The van der Waals surface area contributed by atoms with Crippen molar-refractivity contribution in [2.45, 2.75) is 18.9 Å². The minimum Gasteiger partial charge on any atom is -0.374 e. The van der Waals surface area contributed by atoms with E-state index in [0.717, 1.165) is 19.6 Å². The molecule has 1 N–H and O–H groups in total. The molecule has 0 aromatic heterocycles. The van der Waals surface area contributed by atoms with E-state index in [-0.39, 0.29) is 5.54 Å². The number of nitrogens with zero attached hydrogens (tertiary/aromatic N) is 1. The molecule has 0 radical (unpaired) electrons. The third-order valence-electron chi connectivity index (χ3n) is 3.69. The van der Waals surface area contributed by atoms with Crippen molar-refractivity contribution in [1.29, 1.82) is 0 Å². The van der Waals surface area contributed by atoms with Crippen LogP contribution in [0, 0.1) is 0 Å². The van der Waals surface area contributed by atoms with Gasteiger partial charge in [-0.05, 0) is 12.5 Å². The first-order valence-electron chi connectivity index (χ1n) is 6.99. The molecular formula is C15H22F2N2O. The second-order valence-corrected chi connectivity index (χ2v) is 5.37. The van der Waals surface area contributed by atoms with E-state index in [9.17, 15) is 8.78 Å². The number of piperazine rings is 1. The predicted octanol–water partition coefficient (Wildman–Crippen LogP) is 2.09. The maximum absolute atomic E-state index is 12.0. The summed E-state index contributed by atoms with van der Waals surface area (Å²) in [4.78, 5) is 2.26. The van der Waals surface area contributed by atoms with E-state index in [2.05, 4.69) is 29.3 Å². The van der Waals surface area contributed by atoms with Crippen LogP contribution >= 0.6 is 0 Å². The van der Waals surface area contributed by atoms with E-state index in [1.807, 2.05) is 18.2 Å². The molecule has 5 heteroatoms. The summed E-state index contributed by atoms with van der Waals surface area (Å²) < 4.78 is 29.0. The molecule has 0 spiro atoms. The van der Waals surface area contributed by atoms with Crippen molar-refractivity contribution in [3.63, 3.8) is 0 Å². The van der Waals surface area contributed by atoms with E-state index >= 15 is 0 Å². The summed E-state index contributed by atoms with van der Waals surface area (Å²) in [6, 6.07) is 10.3. The molecule has 1 atom stereocenters. The second kappa shape index (κ2) is 7.11. The minimum atomic E-state index is -2.38. The Balaban J connectivity index is 1.85. The zero-order valence-corrected chi connectivity index (χ0v) is 11.8. The standard InChI is InChI=1S/C15H22F2N2O/c1-15(13-5-3-2-4-6-13)12-19(8-7-18-15)9-10-20-11-14(16)17/h2-6,14,18H,7-12H2,1H3. The van der Waals surface area contributed by atoms with Gasteiger partial charge in [-0.25, -0.2) is 8.78 Å². The Hall–Kier alpha value is -1.04. The highest BCUT2D eigenvalue weighted by molar-refractivity contribution is 5.24. The third kappa shape index (κ3) is 4.23.